The molecule has 0 aliphatic heterocycles. The molecule has 1 aromatic carbocycles. The summed E-state index contributed by atoms with van der Waals surface area (Å²) < 4.78 is 0. The van der Waals surface area contributed by atoms with Gasteiger partial charge >= 0.3 is 0 Å². The topological polar surface area (TPSA) is 12.0 Å². The minimum atomic E-state index is 0.448. The molecule has 0 fully saturated rings. The van der Waals surface area contributed by atoms with Crippen molar-refractivity contribution < 1.29 is 0 Å². The zero-order valence-corrected chi connectivity index (χ0v) is 10.6. The SMILES string of the molecule is C#CCC(NCCC)C1CCc2ccccc21. The quantitative estimate of drug-likeness (QED) is 0.762. The van der Waals surface area contributed by atoms with Gasteiger partial charge in [-0.2, -0.15) is 0 Å². The van der Waals surface area contributed by atoms with Gasteiger partial charge in [0.25, 0.3) is 0 Å². The Hall–Kier alpha value is -1.26. The summed E-state index contributed by atoms with van der Waals surface area (Å²) >= 11 is 0. The van der Waals surface area contributed by atoms with E-state index < -0.39 is 0 Å². The zero-order chi connectivity index (χ0) is 12.1. The fourth-order valence-electron chi connectivity index (χ4n) is 2.82. The third-order valence-corrected chi connectivity index (χ3v) is 3.66. The smallest absolute Gasteiger partial charge is 0.0246 e. The Labute approximate surface area is 105 Å². The molecular formula is C16H21N. The second-order valence-electron chi connectivity index (χ2n) is 4.81. The van der Waals surface area contributed by atoms with E-state index in [0.717, 1.165) is 19.4 Å². The number of hydrogen-bond acceptors (Lipinski definition) is 1. The van der Waals surface area contributed by atoms with Crippen LogP contribution >= 0.6 is 0 Å². The van der Waals surface area contributed by atoms with E-state index in [4.69, 9.17) is 6.42 Å². The predicted octanol–water partition coefficient (Wildman–Crippen LogP) is 3.11. The van der Waals surface area contributed by atoms with E-state index >= 15 is 0 Å². The first kappa shape index (κ1) is 12.2. The van der Waals surface area contributed by atoms with Gasteiger partial charge in [0.15, 0.2) is 0 Å². The van der Waals surface area contributed by atoms with Gasteiger partial charge in [0.2, 0.25) is 0 Å². The summed E-state index contributed by atoms with van der Waals surface area (Å²) in [5.41, 5.74) is 3.02. The van der Waals surface area contributed by atoms with Crippen LogP contribution in [0.3, 0.4) is 0 Å². The van der Waals surface area contributed by atoms with Gasteiger partial charge in [-0.15, -0.1) is 12.3 Å². The molecule has 2 unspecified atom stereocenters. The third-order valence-electron chi connectivity index (χ3n) is 3.66. The van der Waals surface area contributed by atoms with Crippen molar-refractivity contribution in [1.29, 1.82) is 0 Å². The van der Waals surface area contributed by atoms with Crippen molar-refractivity contribution in [1.82, 2.24) is 5.32 Å². The maximum Gasteiger partial charge on any atom is 0.0246 e. The second-order valence-corrected chi connectivity index (χ2v) is 4.81. The molecule has 0 bridgehead atoms. The monoisotopic (exact) mass is 227 g/mol. The molecule has 2 atom stereocenters. The van der Waals surface area contributed by atoms with Crippen LogP contribution in [0.1, 0.15) is 43.2 Å². The highest BCUT2D eigenvalue weighted by Gasteiger charge is 2.28. The summed E-state index contributed by atoms with van der Waals surface area (Å²) in [7, 11) is 0. The molecule has 0 spiro atoms. The molecule has 0 amide bonds. The van der Waals surface area contributed by atoms with Crippen molar-refractivity contribution in [3.8, 4) is 12.3 Å². The summed E-state index contributed by atoms with van der Waals surface area (Å²) in [5.74, 6) is 3.43. The molecule has 2 rings (SSSR count). The lowest BCUT2D eigenvalue weighted by Gasteiger charge is -2.24. The first-order chi connectivity index (χ1) is 8.36. The van der Waals surface area contributed by atoms with Crippen LogP contribution in [0.5, 0.6) is 0 Å². The summed E-state index contributed by atoms with van der Waals surface area (Å²) in [6.07, 6.45) is 9.94. The highest BCUT2D eigenvalue weighted by atomic mass is 14.9. The normalized spacial score (nSPS) is 19.6. The largest absolute Gasteiger partial charge is 0.312 e. The van der Waals surface area contributed by atoms with E-state index in [9.17, 15) is 0 Å². The molecule has 1 aliphatic carbocycles. The molecule has 0 saturated carbocycles. The van der Waals surface area contributed by atoms with Crippen LogP contribution in [0.25, 0.3) is 0 Å². The lowest BCUT2D eigenvalue weighted by molar-refractivity contribution is 0.435. The Bertz CT molecular complexity index is 402. The summed E-state index contributed by atoms with van der Waals surface area (Å²) in [5, 5.41) is 3.61. The van der Waals surface area contributed by atoms with Gasteiger partial charge in [0, 0.05) is 18.4 Å². The predicted molar refractivity (Wildman–Crippen MR) is 73.0 cm³/mol. The van der Waals surface area contributed by atoms with Crippen LogP contribution in [-0.4, -0.2) is 12.6 Å². The van der Waals surface area contributed by atoms with E-state index in [1.54, 1.807) is 0 Å². The minimum absolute atomic E-state index is 0.448. The van der Waals surface area contributed by atoms with Gasteiger partial charge in [-0.1, -0.05) is 31.2 Å². The average molecular weight is 227 g/mol. The Morgan fingerprint density at radius 1 is 1.47 bits per heavy atom. The third kappa shape index (κ3) is 2.70. The summed E-state index contributed by atoms with van der Waals surface area (Å²) in [6, 6.07) is 9.25. The number of rotatable bonds is 5. The van der Waals surface area contributed by atoms with Gasteiger partial charge in [-0.25, -0.2) is 0 Å². The van der Waals surface area contributed by atoms with Crippen LogP contribution in [0, 0.1) is 12.3 Å². The number of terminal acetylenes is 1. The van der Waals surface area contributed by atoms with Crippen molar-refractivity contribution in [2.45, 2.75) is 44.6 Å². The van der Waals surface area contributed by atoms with Gasteiger partial charge in [0.1, 0.15) is 0 Å². The number of fused-ring (bicyclic) bond motifs is 1. The fraction of sp³-hybridized carbons (Fsp3) is 0.500. The molecule has 0 saturated heterocycles. The van der Waals surface area contributed by atoms with Crippen molar-refractivity contribution in [3.63, 3.8) is 0 Å². The van der Waals surface area contributed by atoms with Gasteiger partial charge in [-0.05, 0) is 36.9 Å². The molecule has 1 aromatic rings. The lowest BCUT2D eigenvalue weighted by atomic mass is 9.91. The van der Waals surface area contributed by atoms with E-state index in [2.05, 4.69) is 42.4 Å². The average Bonchev–Trinajstić information content (AvgIpc) is 2.78. The zero-order valence-electron chi connectivity index (χ0n) is 10.6. The van der Waals surface area contributed by atoms with Crippen molar-refractivity contribution in [2.24, 2.45) is 0 Å². The standard InChI is InChI=1S/C16H21N/c1-3-7-16(17-12-4-2)15-11-10-13-8-5-6-9-14(13)15/h1,5-6,8-9,15-17H,4,7,10-12H2,2H3. The van der Waals surface area contributed by atoms with Crippen LogP contribution in [0.2, 0.25) is 0 Å². The molecule has 90 valence electrons. The molecular weight excluding hydrogens is 206 g/mol. The maximum atomic E-state index is 5.50. The van der Waals surface area contributed by atoms with Gasteiger partial charge in [-0.3, -0.25) is 0 Å². The maximum absolute atomic E-state index is 5.50. The second kappa shape index (κ2) is 5.89. The number of aryl methyl sites for hydroxylation is 1. The lowest BCUT2D eigenvalue weighted by Crippen LogP contribution is -2.34. The highest BCUT2D eigenvalue weighted by Crippen LogP contribution is 2.36. The summed E-state index contributed by atoms with van der Waals surface area (Å²) in [4.78, 5) is 0. The first-order valence-electron chi connectivity index (χ1n) is 6.61. The van der Waals surface area contributed by atoms with E-state index in [0.29, 0.717) is 12.0 Å². The van der Waals surface area contributed by atoms with Crippen molar-refractivity contribution >= 4 is 0 Å². The Balaban J connectivity index is 2.13. The highest BCUT2D eigenvalue weighted by molar-refractivity contribution is 5.36. The van der Waals surface area contributed by atoms with E-state index in [-0.39, 0.29) is 0 Å². The molecule has 1 heteroatoms. The molecule has 1 nitrogen and oxygen atoms in total. The van der Waals surface area contributed by atoms with Gasteiger partial charge < -0.3 is 5.32 Å². The summed E-state index contributed by atoms with van der Waals surface area (Å²) in [6.45, 7) is 3.26. The molecule has 0 aromatic heterocycles. The molecule has 1 aliphatic rings. The van der Waals surface area contributed by atoms with Crippen molar-refractivity contribution in [2.75, 3.05) is 6.54 Å². The Morgan fingerprint density at radius 3 is 3.06 bits per heavy atom. The van der Waals surface area contributed by atoms with Crippen LogP contribution in [0.4, 0.5) is 0 Å². The number of benzene rings is 1. The molecule has 17 heavy (non-hydrogen) atoms. The number of hydrogen-bond donors (Lipinski definition) is 1. The van der Waals surface area contributed by atoms with Crippen molar-refractivity contribution in [3.05, 3.63) is 35.4 Å². The van der Waals surface area contributed by atoms with E-state index in [1.807, 2.05) is 0 Å². The molecule has 0 heterocycles. The minimum Gasteiger partial charge on any atom is -0.312 e. The fourth-order valence-corrected chi connectivity index (χ4v) is 2.82. The Kier molecular flexibility index (Phi) is 4.23. The molecule has 1 N–H and O–H groups in total. The van der Waals surface area contributed by atoms with Crippen LogP contribution in [-0.2, 0) is 6.42 Å². The van der Waals surface area contributed by atoms with Gasteiger partial charge in [0.05, 0.1) is 0 Å². The first-order valence-corrected chi connectivity index (χ1v) is 6.61. The number of nitrogens with one attached hydrogen (secondary N) is 1. The van der Waals surface area contributed by atoms with Crippen LogP contribution in [0.15, 0.2) is 24.3 Å². The molecule has 0 radical (unpaired) electrons. The van der Waals surface area contributed by atoms with E-state index in [1.165, 1.54) is 24.0 Å². The van der Waals surface area contributed by atoms with Crippen LogP contribution < -0.4 is 5.32 Å². The Morgan fingerprint density at radius 2 is 2.29 bits per heavy atom.